The van der Waals surface area contributed by atoms with Gasteiger partial charge in [-0.1, -0.05) is 6.42 Å². The van der Waals surface area contributed by atoms with Crippen LogP contribution in [0, 0.1) is 6.92 Å². The third-order valence-electron chi connectivity index (χ3n) is 3.04. The van der Waals surface area contributed by atoms with Crippen LogP contribution in [-0.2, 0) is 12.8 Å². The van der Waals surface area contributed by atoms with E-state index >= 15 is 0 Å². The Bertz CT molecular complexity index is 467. The normalized spacial score (nSPS) is 16.9. The van der Waals surface area contributed by atoms with E-state index in [2.05, 4.69) is 16.7 Å². The summed E-state index contributed by atoms with van der Waals surface area (Å²) in [5.41, 5.74) is 4.19. The minimum absolute atomic E-state index is 1.18. The lowest BCUT2D eigenvalue weighted by molar-refractivity contribution is 0.701. The summed E-state index contributed by atoms with van der Waals surface area (Å²) in [5, 5.41) is 2.20. The average Bonchev–Trinajstić information content (AvgIpc) is 2.61. The first-order valence-electron chi connectivity index (χ1n) is 5.30. The molecule has 14 heavy (non-hydrogen) atoms. The molecule has 0 spiro atoms. The van der Waals surface area contributed by atoms with Crippen molar-refractivity contribution >= 4 is 16.3 Å². The Morgan fingerprint density at radius 3 is 3.07 bits per heavy atom. The van der Waals surface area contributed by atoms with E-state index in [1.807, 2.05) is 0 Å². The number of imidazole rings is 1. The van der Waals surface area contributed by atoms with Crippen molar-refractivity contribution in [2.75, 3.05) is 0 Å². The zero-order valence-corrected chi connectivity index (χ0v) is 9.23. The van der Waals surface area contributed by atoms with Crippen LogP contribution in [0.4, 0.5) is 0 Å². The maximum absolute atomic E-state index is 4.72. The lowest BCUT2D eigenvalue weighted by Gasteiger charge is -1.99. The first-order chi connectivity index (χ1) is 6.86. The molecule has 0 amide bonds. The van der Waals surface area contributed by atoms with Crippen molar-refractivity contribution in [3.05, 3.63) is 22.5 Å². The molecular weight excluding hydrogens is 192 g/mol. The van der Waals surface area contributed by atoms with Crippen LogP contribution in [0.3, 0.4) is 0 Å². The van der Waals surface area contributed by atoms with Gasteiger partial charge in [0.1, 0.15) is 0 Å². The van der Waals surface area contributed by atoms with Gasteiger partial charge in [0, 0.05) is 16.8 Å². The molecule has 0 radical (unpaired) electrons. The molecule has 0 aromatic carbocycles. The Morgan fingerprint density at radius 1 is 1.29 bits per heavy atom. The van der Waals surface area contributed by atoms with Gasteiger partial charge in [0.05, 0.1) is 5.69 Å². The van der Waals surface area contributed by atoms with Gasteiger partial charge < -0.3 is 0 Å². The number of aromatic nitrogens is 2. The fraction of sp³-hybridized carbons (Fsp3) is 0.545. The van der Waals surface area contributed by atoms with E-state index in [-0.39, 0.29) is 0 Å². The first-order valence-corrected chi connectivity index (χ1v) is 6.18. The Labute approximate surface area is 87.6 Å². The fourth-order valence-electron chi connectivity index (χ4n) is 2.33. The van der Waals surface area contributed by atoms with Crippen molar-refractivity contribution in [1.82, 2.24) is 9.38 Å². The zero-order chi connectivity index (χ0) is 9.54. The van der Waals surface area contributed by atoms with Crippen molar-refractivity contribution in [2.24, 2.45) is 0 Å². The fourth-order valence-corrected chi connectivity index (χ4v) is 3.23. The molecule has 74 valence electrons. The number of hydrogen-bond donors (Lipinski definition) is 0. The highest BCUT2D eigenvalue weighted by Crippen LogP contribution is 2.25. The van der Waals surface area contributed by atoms with E-state index in [1.165, 1.54) is 54.1 Å². The second-order valence-corrected chi connectivity index (χ2v) is 4.90. The van der Waals surface area contributed by atoms with E-state index in [1.54, 1.807) is 11.3 Å². The van der Waals surface area contributed by atoms with Gasteiger partial charge in [0.25, 0.3) is 0 Å². The van der Waals surface area contributed by atoms with Crippen molar-refractivity contribution in [3.8, 4) is 0 Å². The molecule has 0 aliphatic heterocycles. The van der Waals surface area contributed by atoms with Crippen molar-refractivity contribution < 1.29 is 0 Å². The van der Waals surface area contributed by atoms with Gasteiger partial charge in [-0.05, 0) is 32.6 Å². The molecule has 1 aliphatic carbocycles. The molecule has 2 heterocycles. The van der Waals surface area contributed by atoms with Crippen molar-refractivity contribution in [1.29, 1.82) is 0 Å². The Morgan fingerprint density at radius 2 is 2.14 bits per heavy atom. The minimum Gasteiger partial charge on any atom is -0.292 e. The lowest BCUT2D eigenvalue weighted by atomic mass is 10.2. The molecule has 0 N–H and O–H groups in total. The summed E-state index contributed by atoms with van der Waals surface area (Å²) in [4.78, 5) is 5.90. The van der Waals surface area contributed by atoms with E-state index in [9.17, 15) is 0 Å². The molecule has 2 nitrogen and oxygen atoms in total. The van der Waals surface area contributed by atoms with Crippen LogP contribution in [0.15, 0.2) is 5.38 Å². The van der Waals surface area contributed by atoms with Crippen LogP contribution in [0.25, 0.3) is 4.96 Å². The largest absolute Gasteiger partial charge is 0.292 e. The smallest absolute Gasteiger partial charge is 0.194 e. The zero-order valence-electron chi connectivity index (χ0n) is 8.42. The Hall–Kier alpha value is -0.830. The summed E-state index contributed by atoms with van der Waals surface area (Å²) in [7, 11) is 0. The van der Waals surface area contributed by atoms with E-state index in [0.717, 1.165) is 0 Å². The van der Waals surface area contributed by atoms with Gasteiger partial charge in [-0.2, -0.15) is 0 Å². The van der Waals surface area contributed by atoms with Gasteiger partial charge in [-0.3, -0.25) is 4.40 Å². The molecule has 0 atom stereocenters. The van der Waals surface area contributed by atoms with Crippen LogP contribution >= 0.6 is 11.3 Å². The van der Waals surface area contributed by atoms with Crippen LogP contribution in [0.1, 0.15) is 36.3 Å². The second kappa shape index (κ2) is 3.09. The molecule has 1 aliphatic rings. The first kappa shape index (κ1) is 8.48. The molecule has 2 aromatic rings. The number of hydrogen-bond acceptors (Lipinski definition) is 2. The van der Waals surface area contributed by atoms with E-state index in [4.69, 9.17) is 4.98 Å². The molecule has 3 heteroatoms. The lowest BCUT2D eigenvalue weighted by Crippen LogP contribution is -1.94. The molecule has 0 unspecified atom stereocenters. The maximum Gasteiger partial charge on any atom is 0.194 e. The Kier molecular flexibility index (Phi) is 1.87. The van der Waals surface area contributed by atoms with Crippen LogP contribution in [-0.4, -0.2) is 9.38 Å². The third-order valence-corrected chi connectivity index (χ3v) is 3.98. The van der Waals surface area contributed by atoms with Crippen molar-refractivity contribution in [3.63, 3.8) is 0 Å². The molecule has 0 fully saturated rings. The summed E-state index contributed by atoms with van der Waals surface area (Å²) in [6.07, 6.45) is 6.41. The summed E-state index contributed by atoms with van der Waals surface area (Å²) >= 11 is 1.77. The molecule has 0 saturated carbocycles. The number of rotatable bonds is 0. The number of thiazole rings is 1. The van der Waals surface area contributed by atoms with Crippen LogP contribution < -0.4 is 0 Å². The SMILES string of the molecule is Cc1csc2nc3c(n12)CCCCC3. The van der Waals surface area contributed by atoms with Gasteiger partial charge >= 0.3 is 0 Å². The highest BCUT2D eigenvalue weighted by atomic mass is 32.1. The quantitative estimate of drug-likeness (QED) is 0.606. The predicted molar refractivity (Wildman–Crippen MR) is 59.1 cm³/mol. The van der Waals surface area contributed by atoms with E-state index in [0.29, 0.717) is 0 Å². The molecule has 0 saturated heterocycles. The number of aryl methyl sites for hydroxylation is 3. The van der Waals surface area contributed by atoms with E-state index < -0.39 is 0 Å². The monoisotopic (exact) mass is 206 g/mol. The Balaban J connectivity index is 2.26. The van der Waals surface area contributed by atoms with Crippen LogP contribution in [0.2, 0.25) is 0 Å². The van der Waals surface area contributed by atoms with Gasteiger partial charge in [0.2, 0.25) is 0 Å². The summed E-state index contributed by atoms with van der Waals surface area (Å²) in [6, 6.07) is 0. The summed E-state index contributed by atoms with van der Waals surface area (Å²) in [6.45, 7) is 2.18. The highest BCUT2D eigenvalue weighted by molar-refractivity contribution is 7.15. The van der Waals surface area contributed by atoms with Crippen LogP contribution in [0.5, 0.6) is 0 Å². The minimum atomic E-state index is 1.18. The molecule has 2 aromatic heterocycles. The summed E-state index contributed by atoms with van der Waals surface area (Å²) in [5.74, 6) is 0. The second-order valence-electron chi connectivity index (χ2n) is 4.06. The standard InChI is InChI=1S/C11H14N2S/c1-8-7-14-11-12-9-5-3-2-4-6-10(9)13(8)11/h7H,2-6H2,1H3. The molecule has 0 bridgehead atoms. The average molecular weight is 206 g/mol. The van der Waals surface area contributed by atoms with Crippen molar-refractivity contribution in [2.45, 2.75) is 39.0 Å². The highest BCUT2D eigenvalue weighted by Gasteiger charge is 2.16. The maximum atomic E-state index is 4.72. The predicted octanol–water partition coefficient (Wildman–Crippen LogP) is 2.97. The molecular formula is C11H14N2S. The van der Waals surface area contributed by atoms with Gasteiger partial charge in [-0.25, -0.2) is 4.98 Å². The summed E-state index contributed by atoms with van der Waals surface area (Å²) < 4.78 is 2.35. The van der Waals surface area contributed by atoms with Gasteiger partial charge in [0.15, 0.2) is 4.96 Å². The number of nitrogens with zero attached hydrogens (tertiary/aromatic N) is 2. The topological polar surface area (TPSA) is 17.3 Å². The number of fused-ring (bicyclic) bond motifs is 3. The third kappa shape index (κ3) is 1.12. The molecule has 3 rings (SSSR count). The van der Waals surface area contributed by atoms with Gasteiger partial charge in [-0.15, -0.1) is 11.3 Å².